The molecule has 0 bridgehead atoms. The number of carbonyl (C=O) groups is 2. The number of pyridine rings is 1. The first-order valence-electron chi connectivity index (χ1n) is 11.0. The van der Waals surface area contributed by atoms with E-state index in [1.807, 2.05) is 32.0 Å². The van der Waals surface area contributed by atoms with Crippen molar-refractivity contribution in [3.05, 3.63) is 29.8 Å². The minimum absolute atomic E-state index is 0.0813. The van der Waals surface area contributed by atoms with Crippen molar-refractivity contribution < 1.29 is 9.59 Å². The number of amides is 2. The van der Waals surface area contributed by atoms with Gasteiger partial charge in [-0.2, -0.15) is 0 Å². The van der Waals surface area contributed by atoms with Crippen LogP contribution in [0.15, 0.2) is 24.3 Å². The first-order valence-corrected chi connectivity index (χ1v) is 11.0. The molecule has 2 amide bonds. The number of hydrogen-bond donors (Lipinski definition) is 2. The van der Waals surface area contributed by atoms with Crippen molar-refractivity contribution in [3.63, 3.8) is 0 Å². The Labute approximate surface area is 179 Å². The number of rotatable bonds is 6. The Kier molecular flexibility index (Phi) is 6.95. The lowest BCUT2D eigenvalue weighted by molar-refractivity contribution is -0.124. The molecule has 0 spiro atoms. The van der Waals surface area contributed by atoms with Crippen LogP contribution in [0.5, 0.6) is 0 Å². The van der Waals surface area contributed by atoms with E-state index in [1.165, 1.54) is 6.42 Å². The topological polar surface area (TPSA) is 74.3 Å². The van der Waals surface area contributed by atoms with E-state index in [4.69, 9.17) is 4.98 Å². The van der Waals surface area contributed by atoms with E-state index in [0.29, 0.717) is 11.8 Å². The molecule has 2 atom stereocenters. The summed E-state index contributed by atoms with van der Waals surface area (Å²) >= 11 is 0. The number of benzene rings is 1. The maximum Gasteiger partial charge on any atom is 0.224 e. The van der Waals surface area contributed by atoms with Gasteiger partial charge in [0.15, 0.2) is 0 Å². The van der Waals surface area contributed by atoms with Crippen molar-refractivity contribution in [3.8, 4) is 0 Å². The molecule has 1 saturated heterocycles. The predicted octanol–water partition coefficient (Wildman–Crippen LogP) is 4.27. The third kappa shape index (κ3) is 5.71. The number of anilines is 2. The van der Waals surface area contributed by atoms with Gasteiger partial charge in [-0.05, 0) is 68.9 Å². The highest BCUT2D eigenvalue weighted by Gasteiger charge is 2.23. The molecular formula is C24H34N4O2. The monoisotopic (exact) mass is 410 g/mol. The van der Waals surface area contributed by atoms with E-state index < -0.39 is 0 Å². The van der Waals surface area contributed by atoms with Crippen LogP contribution in [-0.4, -0.2) is 35.9 Å². The minimum Gasteiger partial charge on any atom is -0.356 e. The summed E-state index contributed by atoms with van der Waals surface area (Å²) in [6.07, 6.45) is 1.62. The molecule has 0 saturated carbocycles. The lowest BCUT2D eigenvalue weighted by Gasteiger charge is -2.36. The van der Waals surface area contributed by atoms with Gasteiger partial charge in [0.2, 0.25) is 11.8 Å². The molecule has 0 unspecified atom stereocenters. The average molecular weight is 411 g/mol. The zero-order valence-electron chi connectivity index (χ0n) is 18.8. The van der Waals surface area contributed by atoms with Crippen LogP contribution in [0.4, 0.5) is 11.5 Å². The highest BCUT2D eigenvalue weighted by molar-refractivity contribution is 5.96. The summed E-state index contributed by atoms with van der Waals surface area (Å²) in [6.45, 7) is 12.6. The Morgan fingerprint density at radius 3 is 2.43 bits per heavy atom. The molecule has 2 N–H and O–H groups in total. The lowest BCUT2D eigenvalue weighted by Crippen LogP contribution is -2.39. The van der Waals surface area contributed by atoms with E-state index in [9.17, 15) is 9.59 Å². The fourth-order valence-electron chi connectivity index (χ4n) is 4.31. The smallest absolute Gasteiger partial charge is 0.224 e. The van der Waals surface area contributed by atoms with Crippen LogP contribution in [0.3, 0.4) is 0 Å². The molecule has 1 aliphatic heterocycles. The molecule has 1 aliphatic rings. The number of piperidine rings is 1. The van der Waals surface area contributed by atoms with Gasteiger partial charge in [-0.1, -0.05) is 13.8 Å². The Morgan fingerprint density at radius 1 is 1.10 bits per heavy atom. The second-order valence-electron chi connectivity index (χ2n) is 9.15. The van der Waals surface area contributed by atoms with Gasteiger partial charge in [-0.3, -0.25) is 9.59 Å². The molecule has 1 aromatic heterocycles. The summed E-state index contributed by atoms with van der Waals surface area (Å²) in [6, 6.07) is 8.04. The highest BCUT2D eigenvalue weighted by atomic mass is 16.2. The molecule has 30 heavy (non-hydrogen) atoms. The molecule has 0 aliphatic carbocycles. The van der Waals surface area contributed by atoms with Gasteiger partial charge in [0.05, 0.1) is 5.52 Å². The number of fused-ring (bicyclic) bond motifs is 1. The molecule has 3 rings (SSSR count). The SMILES string of the molecule is Cc1cc(N2C[C@H](C)C[C@H](C)C2)nc2ccc(NC(=O)CCC(=O)NC(C)C)cc12. The van der Waals surface area contributed by atoms with Gasteiger partial charge in [-0.15, -0.1) is 0 Å². The summed E-state index contributed by atoms with van der Waals surface area (Å²) in [5.74, 6) is 2.12. The van der Waals surface area contributed by atoms with Gasteiger partial charge in [-0.25, -0.2) is 4.98 Å². The van der Waals surface area contributed by atoms with Gasteiger partial charge in [0.1, 0.15) is 5.82 Å². The van der Waals surface area contributed by atoms with E-state index in [0.717, 1.165) is 41.1 Å². The fourth-order valence-corrected chi connectivity index (χ4v) is 4.31. The minimum atomic E-state index is -0.160. The standard InChI is InChI=1S/C24H34N4O2/c1-15(2)25-23(29)8-9-24(30)26-19-6-7-21-20(12-19)18(5)11-22(27-21)28-13-16(3)10-17(4)14-28/h6-7,11-12,15-17H,8-10,13-14H2,1-5H3,(H,25,29)(H,26,30)/t16-,17+. The molecule has 162 valence electrons. The van der Waals surface area contributed by atoms with E-state index in [2.05, 4.69) is 42.4 Å². The molecule has 2 heterocycles. The molecule has 6 nitrogen and oxygen atoms in total. The number of hydrogen-bond acceptors (Lipinski definition) is 4. The molecule has 2 aromatic rings. The Hall–Kier alpha value is -2.63. The van der Waals surface area contributed by atoms with Crippen molar-refractivity contribution in [1.29, 1.82) is 0 Å². The average Bonchev–Trinajstić information content (AvgIpc) is 2.65. The van der Waals surface area contributed by atoms with Crippen molar-refractivity contribution >= 4 is 34.2 Å². The van der Waals surface area contributed by atoms with Gasteiger partial charge in [0.25, 0.3) is 0 Å². The quantitative estimate of drug-likeness (QED) is 0.746. The van der Waals surface area contributed by atoms with Crippen molar-refractivity contribution in [2.45, 2.75) is 59.9 Å². The first-order chi connectivity index (χ1) is 14.2. The fraction of sp³-hybridized carbons (Fsp3) is 0.542. The van der Waals surface area contributed by atoms with E-state index in [-0.39, 0.29) is 30.7 Å². The zero-order valence-corrected chi connectivity index (χ0v) is 18.8. The number of carbonyl (C=O) groups excluding carboxylic acids is 2. The van der Waals surface area contributed by atoms with Crippen LogP contribution in [0, 0.1) is 18.8 Å². The normalized spacial score (nSPS) is 19.2. The Bertz CT molecular complexity index is 915. The van der Waals surface area contributed by atoms with Gasteiger partial charge < -0.3 is 15.5 Å². The Morgan fingerprint density at radius 2 is 1.77 bits per heavy atom. The van der Waals surface area contributed by atoms with Crippen molar-refractivity contribution in [1.82, 2.24) is 10.3 Å². The van der Waals surface area contributed by atoms with Crippen LogP contribution in [0.2, 0.25) is 0 Å². The third-order valence-corrected chi connectivity index (χ3v) is 5.51. The van der Waals surface area contributed by atoms with E-state index >= 15 is 0 Å². The second-order valence-corrected chi connectivity index (χ2v) is 9.15. The van der Waals surface area contributed by atoms with Crippen LogP contribution in [0.1, 0.15) is 52.5 Å². The predicted molar refractivity (Wildman–Crippen MR) is 123 cm³/mol. The summed E-state index contributed by atoms with van der Waals surface area (Å²) in [5.41, 5.74) is 2.81. The van der Waals surface area contributed by atoms with E-state index in [1.54, 1.807) is 0 Å². The number of aryl methyl sites for hydroxylation is 1. The summed E-state index contributed by atoms with van der Waals surface area (Å²) in [7, 11) is 0. The van der Waals surface area contributed by atoms with Crippen LogP contribution in [-0.2, 0) is 9.59 Å². The largest absolute Gasteiger partial charge is 0.356 e. The third-order valence-electron chi connectivity index (χ3n) is 5.51. The summed E-state index contributed by atoms with van der Waals surface area (Å²) < 4.78 is 0. The van der Waals surface area contributed by atoms with Crippen LogP contribution in [0.25, 0.3) is 10.9 Å². The Balaban J connectivity index is 1.70. The molecule has 6 heteroatoms. The molecule has 1 fully saturated rings. The molecule has 0 radical (unpaired) electrons. The summed E-state index contributed by atoms with van der Waals surface area (Å²) in [5, 5.41) is 6.74. The summed E-state index contributed by atoms with van der Waals surface area (Å²) in [4.78, 5) is 31.3. The van der Waals surface area contributed by atoms with Gasteiger partial charge >= 0.3 is 0 Å². The van der Waals surface area contributed by atoms with Crippen molar-refractivity contribution in [2.75, 3.05) is 23.3 Å². The number of nitrogens with zero attached hydrogens (tertiary/aromatic N) is 2. The lowest BCUT2D eigenvalue weighted by atomic mass is 9.92. The number of aromatic nitrogens is 1. The second kappa shape index (κ2) is 9.45. The maximum atomic E-state index is 12.2. The zero-order chi connectivity index (χ0) is 21.8. The molecular weight excluding hydrogens is 376 g/mol. The van der Waals surface area contributed by atoms with Crippen molar-refractivity contribution in [2.24, 2.45) is 11.8 Å². The number of nitrogens with one attached hydrogen (secondary N) is 2. The van der Waals surface area contributed by atoms with Gasteiger partial charge in [0, 0.05) is 43.0 Å². The first kappa shape index (κ1) is 22.1. The maximum absolute atomic E-state index is 12.2. The molecule has 1 aromatic carbocycles. The van der Waals surface area contributed by atoms with Crippen LogP contribution < -0.4 is 15.5 Å². The highest BCUT2D eigenvalue weighted by Crippen LogP contribution is 2.29. The van der Waals surface area contributed by atoms with Crippen LogP contribution >= 0.6 is 0 Å².